The lowest BCUT2D eigenvalue weighted by Gasteiger charge is -2.40. The molecule has 0 unspecified atom stereocenters. The Morgan fingerprint density at radius 3 is 2.46 bits per heavy atom. The second-order valence-corrected chi connectivity index (χ2v) is 8.43. The third-order valence-electron chi connectivity index (χ3n) is 5.84. The molecule has 3 aliphatic heterocycles. The van der Waals surface area contributed by atoms with E-state index in [0.29, 0.717) is 18.3 Å². The number of hydrogen-bond acceptors (Lipinski definition) is 8. The summed E-state index contributed by atoms with van der Waals surface area (Å²) >= 11 is 1.58. The van der Waals surface area contributed by atoms with Gasteiger partial charge in [-0.15, -0.1) is 11.3 Å². The molecule has 1 N–H and O–H groups in total. The summed E-state index contributed by atoms with van der Waals surface area (Å²) in [6.07, 6.45) is 2.31. The molecule has 4 heterocycles. The zero-order valence-electron chi connectivity index (χ0n) is 16.5. The molecule has 3 saturated heterocycles. The lowest BCUT2D eigenvalue weighted by Crippen LogP contribution is -2.49. The Labute approximate surface area is 170 Å². The van der Waals surface area contributed by atoms with Gasteiger partial charge in [0, 0.05) is 63.8 Å². The molecular weight excluding hydrogens is 378 g/mol. The number of amides is 1. The highest BCUT2D eigenvalue weighted by atomic mass is 32.1. The minimum atomic E-state index is -0.0704. The summed E-state index contributed by atoms with van der Waals surface area (Å²) < 4.78 is 10.8. The largest absolute Gasteiger partial charge is 0.379 e. The third-order valence-corrected chi connectivity index (χ3v) is 6.74. The van der Waals surface area contributed by atoms with E-state index in [9.17, 15) is 4.79 Å². The van der Waals surface area contributed by atoms with Gasteiger partial charge in [-0.3, -0.25) is 14.6 Å². The molecule has 0 radical (unpaired) electrons. The highest BCUT2D eigenvalue weighted by Crippen LogP contribution is 2.26. The molecule has 1 aromatic heterocycles. The van der Waals surface area contributed by atoms with Crippen LogP contribution in [0.25, 0.3) is 0 Å². The van der Waals surface area contributed by atoms with Gasteiger partial charge in [0.2, 0.25) is 0 Å². The highest BCUT2D eigenvalue weighted by Gasteiger charge is 2.27. The molecule has 0 bridgehead atoms. The Kier molecular flexibility index (Phi) is 7.14. The molecule has 8 nitrogen and oxygen atoms in total. The molecule has 9 heteroatoms. The molecular formula is C19H31N5O3S. The molecule has 0 aromatic carbocycles. The SMILES string of the molecule is O=C(NCCN1CCOCC1)c1csc(N2CCC(N3CCOCC3)CC2)n1. The predicted molar refractivity (Wildman–Crippen MR) is 109 cm³/mol. The molecule has 28 heavy (non-hydrogen) atoms. The minimum absolute atomic E-state index is 0.0704. The number of nitrogens with one attached hydrogen (secondary N) is 1. The molecule has 0 atom stereocenters. The quantitative estimate of drug-likeness (QED) is 0.734. The first-order valence-corrected chi connectivity index (χ1v) is 11.3. The highest BCUT2D eigenvalue weighted by molar-refractivity contribution is 7.13. The van der Waals surface area contributed by atoms with Crippen LogP contribution in [0.5, 0.6) is 0 Å². The van der Waals surface area contributed by atoms with Gasteiger partial charge in [-0.1, -0.05) is 0 Å². The lowest BCUT2D eigenvalue weighted by molar-refractivity contribution is 0.0115. The van der Waals surface area contributed by atoms with Gasteiger partial charge in [-0.2, -0.15) is 0 Å². The fourth-order valence-electron chi connectivity index (χ4n) is 4.12. The van der Waals surface area contributed by atoms with E-state index in [1.807, 2.05) is 5.38 Å². The van der Waals surface area contributed by atoms with Crippen LogP contribution >= 0.6 is 11.3 Å². The van der Waals surface area contributed by atoms with Gasteiger partial charge >= 0.3 is 0 Å². The first kappa shape index (κ1) is 20.0. The number of carbonyl (C=O) groups excluding carboxylic acids is 1. The molecule has 0 aliphatic carbocycles. The maximum absolute atomic E-state index is 12.4. The van der Waals surface area contributed by atoms with Crippen LogP contribution < -0.4 is 10.2 Å². The smallest absolute Gasteiger partial charge is 0.270 e. The predicted octanol–water partition coefficient (Wildman–Crippen LogP) is 0.506. The number of aromatic nitrogens is 1. The molecule has 4 rings (SSSR count). The number of carbonyl (C=O) groups is 1. The first-order valence-electron chi connectivity index (χ1n) is 10.4. The van der Waals surface area contributed by atoms with Crippen LogP contribution in [-0.2, 0) is 9.47 Å². The summed E-state index contributed by atoms with van der Waals surface area (Å²) in [4.78, 5) is 24.2. The fourth-order valence-corrected chi connectivity index (χ4v) is 4.98. The zero-order chi connectivity index (χ0) is 19.2. The Hall–Kier alpha value is -1.26. The number of thiazole rings is 1. The summed E-state index contributed by atoms with van der Waals surface area (Å²) in [6, 6.07) is 0.656. The van der Waals surface area contributed by atoms with Gasteiger partial charge in [0.15, 0.2) is 5.13 Å². The topological polar surface area (TPSA) is 70.2 Å². The van der Waals surface area contributed by atoms with Crippen LogP contribution in [0.3, 0.4) is 0 Å². The average molecular weight is 410 g/mol. The van der Waals surface area contributed by atoms with Crippen LogP contribution in [-0.4, -0.2) is 106 Å². The second kappa shape index (κ2) is 9.98. The van der Waals surface area contributed by atoms with E-state index in [1.54, 1.807) is 11.3 Å². The van der Waals surface area contributed by atoms with Crippen LogP contribution in [0, 0.1) is 0 Å². The Balaban J connectivity index is 1.21. The molecule has 3 aliphatic rings. The minimum Gasteiger partial charge on any atom is -0.379 e. The standard InChI is InChI=1S/C19H31N5O3S/c25-18(20-3-6-22-7-11-26-12-8-22)17-15-28-19(21-17)24-4-1-16(2-5-24)23-9-13-27-14-10-23/h15-16H,1-14H2,(H,20,25). The van der Waals surface area contributed by atoms with Crippen LogP contribution in [0.4, 0.5) is 5.13 Å². The average Bonchev–Trinajstić information content (AvgIpc) is 3.26. The van der Waals surface area contributed by atoms with E-state index in [0.717, 1.165) is 90.2 Å². The number of hydrogen-bond donors (Lipinski definition) is 1. The Morgan fingerprint density at radius 1 is 1.07 bits per heavy atom. The van der Waals surface area contributed by atoms with Gasteiger partial charge < -0.3 is 19.7 Å². The molecule has 3 fully saturated rings. The third kappa shape index (κ3) is 5.21. The van der Waals surface area contributed by atoms with Gasteiger partial charge in [0.05, 0.1) is 26.4 Å². The van der Waals surface area contributed by atoms with Gasteiger partial charge in [0.1, 0.15) is 5.69 Å². The number of nitrogens with zero attached hydrogens (tertiary/aromatic N) is 4. The van der Waals surface area contributed by atoms with Crippen molar-refractivity contribution >= 4 is 22.4 Å². The Bertz CT molecular complexity index is 623. The van der Waals surface area contributed by atoms with Gasteiger partial charge in [-0.25, -0.2) is 4.98 Å². The maximum Gasteiger partial charge on any atom is 0.270 e. The lowest BCUT2D eigenvalue weighted by atomic mass is 10.0. The Morgan fingerprint density at radius 2 is 1.75 bits per heavy atom. The number of piperidine rings is 1. The van der Waals surface area contributed by atoms with Crippen molar-refractivity contribution < 1.29 is 14.3 Å². The van der Waals surface area contributed by atoms with Gasteiger partial charge in [0.25, 0.3) is 5.91 Å². The number of morpholine rings is 2. The van der Waals surface area contributed by atoms with E-state index in [4.69, 9.17) is 9.47 Å². The van der Waals surface area contributed by atoms with Crippen molar-refractivity contribution in [3.05, 3.63) is 11.1 Å². The molecule has 0 saturated carbocycles. The van der Waals surface area contributed by atoms with Crippen molar-refractivity contribution in [3.8, 4) is 0 Å². The molecule has 0 spiro atoms. The second-order valence-electron chi connectivity index (χ2n) is 7.59. The van der Waals surface area contributed by atoms with Crippen molar-refractivity contribution in [3.63, 3.8) is 0 Å². The monoisotopic (exact) mass is 409 g/mol. The van der Waals surface area contributed by atoms with Crippen molar-refractivity contribution in [2.75, 3.05) is 83.7 Å². The van der Waals surface area contributed by atoms with Crippen LogP contribution in [0.15, 0.2) is 5.38 Å². The van der Waals surface area contributed by atoms with E-state index >= 15 is 0 Å². The molecule has 1 amide bonds. The summed E-state index contributed by atoms with van der Waals surface area (Å²) in [5.74, 6) is -0.0704. The zero-order valence-corrected chi connectivity index (χ0v) is 17.3. The van der Waals surface area contributed by atoms with Crippen molar-refractivity contribution in [2.24, 2.45) is 0 Å². The fraction of sp³-hybridized carbons (Fsp3) is 0.789. The number of anilines is 1. The van der Waals surface area contributed by atoms with Crippen molar-refractivity contribution in [1.29, 1.82) is 0 Å². The normalized spacial score (nSPS) is 23.1. The van der Waals surface area contributed by atoms with Crippen molar-refractivity contribution in [2.45, 2.75) is 18.9 Å². The summed E-state index contributed by atoms with van der Waals surface area (Å²) in [7, 11) is 0. The first-order chi connectivity index (χ1) is 13.8. The van der Waals surface area contributed by atoms with Crippen LogP contribution in [0.2, 0.25) is 0 Å². The van der Waals surface area contributed by atoms with Crippen molar-refractivity contribution in [1.82, 2.24) is 20.1 Å². The summed E-state index contributed by atoms with van der Waals surface area (Å²) in [5.41, 5.74) is 0.539. The summed E-state index contributed by atoms with van der Waals surface area (Å²) in [6.45, 7) is 10.8. The van der Waals surface area contributed by atoms with E-state index in [1.165, 1.54) is 0 Å². The maximum atomic E-state index is 12.4. The van der Waals surface area contributed by atoms with E-state index in [2.05, 4.69) is 25.0 Å². The summed E-state index contributed by atoms with van der Waals surface area (Å²) in [5, 5.41) is 5.85. The molecule has 1 aromatic rings. The molecule has 156 valence electrons. The van der Waals surface area contributed by atoms with E-state index in [-0.39, 0.29) is 5.91 Å². The van der Waals surface area contributed by atoms with Crippen LogP contribution in [0.1, 0.15) is 23.3 Å². The van der Waals surface area contributed by atoms with Gasteiger partial charge in [-0.05, 0) is 12.8 Å². The number of rotatable bonds is 6. The number of ether oxygens (including phenoxy) is 2. The van der Waals surface area contributed by atoms with E-state index < -0.39 is 0 Å².